The van der Waals surface area contributed by atoms with Gasteiger partial charge in [-0.3, -0.25) is 19.3 Å². The minimum Gasteiger partial charge on any atom is -0.343 e. The smallest absolute Gasteiger partial charge is 0.262 e. The van der Waals surface area contributed by atoms with Gasteiger partial charge in [0.1, 0.15) is 6.54 Å². The van der Waals surface area contributed by atoms with Crippen molar-refractivity contribution in [1.82, 2.24) is 10.2 Å². The van der Waals surface area contributed by atoms with Gasteiger partial charge in [0, 0.05) is 9.90 Å². The maximum atomic E-state index is 12.7. The molecule has 28 heavy (non-hydrogen) atoms. The van der Waals surface area contributed by atoms with E-state index in [9.17, 15) is 14.4 Å². The van der Waals surface area contributed by atoms with Crippen LogP contribution in [0.15, 0.2) is 66.0 Å². The van der Waals surface area contributed by atoms with Crippen molar-refractivity contribution >= 4 is 40.7 Å². The SMILES string of the molecule is O=C(CN1C(=O)c2ccccc2C1=O)NC(c1ccc(Cl)cc1)c1cccs1. The molecule has 0 fully saturated rings. The largest absolute Gasteiger partial charge is 0.343 e. The lowest BCUT2D eigenvalue weighted by atomic mass is 10.1. The van der Waals surface area contributed by atoms with Gasteiger partial charge >= 0.3 is 0 Å². The molecule has 3 aromatic rings. The Morgan fingerprint density at radius 2 is 1.61 bits per heavy atom. The highest BCUT2D eigenvalue weighted by Crippen LogP contribution is 2.27. The number of hydrogen-bond acceptors (Lipinski definition) is 4. The van der Waals surface area contributed by atoms with Crippen molar-refractivity contribution < 1.29 is 14.4 Å². The van der Waals surface area contributed by atoms with Gasteiger partial charge in [0.25, 0.3) is 11.8 Å². The summed E-state index contributed by atoms with van der Waals surface area (Å²) in [7, 11) is 0. The average Bonchev–Trinajstić information content (AvgIpc) is 3.31. The summed E-state index contributed by atoms with van der Waals surface area (Å²) in [6, 6.07) is 17.2. The third-order valence-electron chi connectivity index (χ3n) is 4.52. The van der Waals surface area contributed by atoms with E-state index >= 15 is 0 Å². The molecule has 0 saturated heterocycles. The summed E-state index contributed by atoms with van der Waals surface area (Å²) < 4.78 is 0. The van der Waals surface area contributed by atoms with E-state index in [2.05, 4.69) is 5.32 Å². The average molecular weight is 411 g/mol. The number of carbonyl (C=O) groups is 3. The zero-order valence-electron chi connectivity index (χ0n) is 14.6. The first-order valence-electron chi connectivity index (χ1n) is 8.58. The van der Waals surface area contributed by atoms with E-state index in [1.54, 1.807) is 36.4 Å². The molecule has 1 unspecified atom stereocenters. The number of halogens is 1. The Hall–Kier alpha value is -2.96. The van der Waals surface area contributed by atoms with Crippen molar-refractivity contribution in [2.24, 2.45) is 0 Å². The zero-order chi connectivity index (χ0) is 19.7. The van der Waals surface area contributed by atoms with Crippen molar-refractivity contribution in [2.45, 2.75) is 6.04 Å². The van der Waals surface area contributed by atoms with Gasteiger partial charge in [0.15, 0.2) is 0 Å². The molecule has 140 valence electrons. The van der Waals surface area contributed by atoms with Crippen LogP contribution in [0.5, 0.6) is 0 Å². The highest BCUT2D eigenvalue weighted by Gasteiger charge is 2.36. The molecule has 0 saturated carbocycles. The van der Waals surface area contributed by atoms with Crippen LogP contribution in [0.4, 0.5) is 0 Å². The second kappa shape index (κ2) is 7.58. The molecule has 7 heteroatoms. The Morgan fingerprint density at radius 1 is 0.964 bits per heavy atom. The number of hydrogen-bond donors (Lipinski definition) is 1. The molecule has 2 aromatic carbocycles. The van der Waals surface area contributed by atoms with Crippen LogP contribution in [0.25, 0.3) is 0 Å². The van der Waals surface area contributed by atoms with E-state index in [1.165, 1.54) is 11.3 Å². The number of carbonyl (C=O) groups excluding carboxylic acids is 3. The fourth-order valence-corrected chi connectivity index (χ4v) is 4.09. The predicted molar refractivity (Wildman–Crippen MR) is 108 cm³/mol. The van der Waals surface area contributed by atoms with E-state index in [4.69, 9.17) is 11.6 Å². The molecule has 0 bridgehead atoms. The summed E-state index contributed by atoms with van der Waals surface area (Å²) in [4.78, 5) is 39.6. The normalized spacial score (nSPS) is 14.1. The van der Waals surface area contributed by atoms with Gasteiger partial charge in [-0.25, -0.2) is 0 Å². The molecule has 4 rings (SSSR count). The molecule has 0 aliphatic carbocycles. The summed E-state index contributed by atoms with van der Waals surface area (Å²) in [6.07, 6.45) is 0. The Kier molecular flexibility index (Phi) is 4.98. The zero-order valence-corrected chi connectivity index (χ0v) is 16.2. The second-order valence-electron chi connectivity index (χ2n) is 6.31. The van der Waals surface area contributed by atoms with E-state index < -0.39 is 17.7 Å². The number of nitrogens with zero attached hydrogens (tertiary/aromatic N) is 1. The predicted octanol–water partition coefficient (Wildman–Crippen LogP) is 3.90. The summed E-state index contributed by atoms with van der Waals surface area (Å²) >= 11 is 7.48. The van der Waals surface area contributed by atoms with Gasteiger partial charge < -0.3 is 5.32 Å². The van der Waals surface area contributed by atoms with Crippen LogP contribution in [0.2, 0.25) is 5.02 Å². The van der Waals surface area contributed by atoms with Crippen LogP contribution in [0.3, 0.4) is 0 Å². The lowest BCUT2D eigenvalue weighted by Crippen LogP contribution is -2.41. The maximum absolute atomic E-state index is 12.7. The summed E-state index contributed by atoms with van der Waals surface area (Å²) in [5.41, 5.74) is 1.52. The maximum Gasteiger partial charge on any atom is 0.262 e. The summed E-state index contributed by atoms with van der Waals surface area (Å²) in [5, 5.41) is 5.46. The molecule has 1 aliphatic heterocycles. The van der Waals surface area contributed by atoms with Crippen molar-refractivity contribution in [3.8, 4) is 0 Å². The monoisotopic (exact) mass is 410 g/mol. The molecule has 1 aromatic heterocycles. The fourth-order valence-electron chi connectivity index (χ4n) is 3.16. The number of benzene rings is 2. The van der Waals surface area contributed by atoms with Crippen LogP contribution >= 0.6 is 22.9 Å². The third-order valence-corrected chi connectivity index (χ3v) is 5.71. The van der Waals surface area contributed by atoms with Crippen molar-refractivity contribution in [1.29, 1.82) is 0 Å². The van der Waals surface area contributed by atoms with E-state index in [1.807, 2.05) is 29.6 Å². The molecule has 3 amide bonds. The molecular formula is C21H15ClN2O3S. The summed E-state index contributed by atoms with van der Waals surface area (Å²) in [5.74, 6) is -1.31. The highest BCUT2D eigenvalue weighted by atomic mass is 35.5. The standard InChI is InChI=1S/C21H15ClN2O3S/c22-14-9-7-13(8-10-14)19(17-6-3-11-28-17)23-18(25)12-24-20(26)15-4-1-2-5-16(15)21(24)27/h1-11,19H,12H2,(H,23,25). The first kappa shape index (κ1) is 18.4. The molecule has 1 aliphatic rings. The van der Waals surface area contributed by atoms with Crippen molar-refractivity contribution in [2.75, 3.05) is 6.54 Å². The molecule has 5 nitrogen and oxygen atoms in total. The summed E-state index contributed by atoms with van der Waals surface area (Å²) in [6.45, 7) is -0.332. The molecule has 0 spiro atoms. The topological polar surface area (TPSA) is 66.5 Å². The fraction of sp³-hybridized carbons (Fsp3) is 0.0952. The molecule has 1 atom stereocenters. The molecule has 1 N–H and O–H groups in total. The third kappa shape index (κ3) is 3.44. The van der Waals surface area contributed by atoms with Gasteiger partial charge in [-0.1, -0.05) is 41.9 Å². The lowest BCUT2D eigenvalue weighted by molar-refractivity contribution is -0.121. The van der Waals surface area contributed by atoms with Gasteiger partial charge in [0.05, 0.1) is 17.2 Å². The number of fused-ring (bicyclic) bond motifs is 1. The minimum absolute atomic E-state index is 0.327. The molecular weight excluding hydrogens is 396 g/mol. The van der Waals surface area contributed by atoms with Gasteiger partial charge in [-0.2, -0.15) is 0 Å². The quantitative estimate of drug-likeness (QED) is 0.648. The highest BCUT2D eigenvalue weighted by molar-refractivity contribution is 7.10. The van der Waals surface area contributed by atoms with E-state index in [0.29, 0.717) is 16.1 Å². The van der Waals surface area contributed by atoms with Crippen LogP contribution in [0, 0.1) is 0 Å². The van der Waals surface area contributed by atoms with Crippen LogP contribution in [-0.4, -0.2) is 29.2 Å². The Labute approximate surface area is 170 Å². The Balaban J connectivity index is 1.54. The molecule has 2 heterocycles. The van der Waals surface area contributed by atoms with Gasteiger partial charge in [-0.05, 0) is 41.3 Å². The number of nitrogens with one attached hydrogen (secondary N) is 1. The van der Waals surface area contributed by atoms with Gasteiger partial charge in [0.2, 0.25) is 5.91 Å². The number of imide groups is 1. The Bertz CT molecular complexity index is 1010. The lowest BCUT2D eigenvalue weighted by Gasteiger charge is -2.20. The van der Waals surface area contributed by atoms with Crippen LogP contribution in [0.1, 0.15) is 37.2 Å². The Morgan fingerprint density at radius 3 is 2.18 bits per heavy atom. The van der Waals surface area contributed by atoms with Crippen LogP contribution < -0.4 is 5.32 Å². The molecule has 0 radical (unpaired) electrons. The van der Waals surface area contributed by atoms with E-state index in [0.717, 1.165) is 15.3 Å². The second-order valence-corrected chi connectivity index (χ2v) is 7.73. The first-order valence-corrected chi connectivity index (χ1v) is 9.84. The number of rotatable bonds is 5. The van der Waals surface area contributed by atoms with E-state index in [-0.39, 0.29) is 12.6 Å². The minimum atomic E-state index is -0.449. The van der Waals surface area contributed by atoms with Gasteiger partial charge in [-0.15, -0.1) is 11.3 Å². The van der Waals surface area contributed by atoms with Crippen LogP contribution in [-0.2, 0) is 4.79 Å². The van der Waals surface area contributed by atoms with Crippen molar-refractivity contribution in [3.63, 3.8) is 0 Å². The first-order chi connectivity index (χ1) is 13.5. The number of amides is 3. The van der Waals surface area contributed by atoms with Crippen molar-refractivity contribution in [3.05, 3.63) is 92.6 Å². The number of thiophene rings is 1.